The SMILES string of the molecule is O=c1[nH]c(=S)ccn1S. The molecule has 0 saturated carbocycles. The minimum atomic E-state index is -0.314. The molecule has 0 fully saturated rings. The van der Waals surface area contributed by atoms with Crippen molar-refractivity contribution in [2.75, 3.05) is 0 Å². The van der Waals surface area contributed by atoms with Crippen LogP contribution < -0.4 is 5.69 Å². The van der Waals surface area contributed by atoms with Gasteiger partial charge in [-0.3, -0.25) is 4.98 Å². The van der Waals surface area contributed by atoms with Crippen LogP contribution in [-0.2, 0) is 0 Å². The first kappa shape index (κ1) is 6.57. The van der Waals surface area contributed by atoms with Gasteiger partial charge in [-0.05, 0) is 6.07 Å². The Kier molecular flexibility index (Phi) is 1.73. The lowest BCUT2D eigenvalue weighted by Gasteiger charge is -1.89. The normalized spacial score (nSPS) is 9.44. The van der Waals surface area contributed by atoms with Crippen LogP contribution in [0, 0.1) is 4.64 Å². The van der Waals surface area contributed by atoms with Crippen LogP contribution in [0.25, 0.3) is 0 Å². The molecule has 1 rings (SSSR count). The number of hydrogen-bond acceptors (Lipinski definition) is 3. The molecule has 5 heteroatoms. The Morgan fingerprint density at radius 1 is 1.78 bits per heavy atom. The molecule has 1 aromatic heterocycles. The molecule has 0 spiro atoms. The average Bonchev–Trinajstić information content (AvgIpc) is 1.80. The monoisotopic (exact) mass is 160 g/mol. The molecule has 9 heavy (non-hydrogen) atoms. The molecule has 0 saturated heterocycles. The predicted octanol–water partition coefficient (Wildman–Crippen LogP) is 0.599. The fraction of sp³-hybridized carbons (Fsp3) is 0. The fourth-order valence-corrected chi connectivity index (χ4v) is 0.675. The van der Waals surface area contributed by atoms with Gasteiger partial charge in [0.1, 0.15) is 4.64 Å². The zero-order valence-corrected chi connectivity index (χ0v) is 6.08. The van der Waals surface area contributed by atoms with E-state index in [-0.39, 0.29) is 5.69 Å². The molecule has 0 amide bonds. The van der Waals surface area contributed by atoms with E-state index in [9.17, 15) is 4.79 Å². The topological polar surface area (TPSA) is 37.8 Å². The zero-order valence-electron chi connectivity index (χ0n) is 4.37. The van der Waals surface area contributed by atoms with Crippen LogP contribution in [0.1, 0.15) is 0 Å². The number of thiol groups is 1. The molecule has 1 heterocycles. The van der Waals surface area contributed by atoms with E-state index >= 15 is 0 Å². The maximum absolute atomic E-state index is 10.6. The Morgan fingerprint density at radius 2 is 2.44 bits per heavy atom. The van der Waals surface area contributed by atoms with Crippen molar-refractivity contribution in [1.82, 2.24) is 8.96 Å². The summed E-state index contributed by atoms with van der Waals surface area (Å²) in [6.07, 6.45) is 1.49. The molecule has 0 radical (unpaired) electrons. The lowest BCUT2D eigenvalue weighted by molar-refractivity contribution is 1.02. The highest BCUT2D eigenvalue weighted by molar-refractivity contribution is 7.78. The fourth-order valence-electron chi connectivity index (χ4n) is 0.410. The Hall–Kier alpha value is -0.550. The molecule has 1 aromatic rings. The summed E-state index contributed by atoms with van der Waals surface area (Å²) in [6.45, 7) is 0. The largest absolute Gasteiger partial charge is 0.336 e. The quantitative estimate of drug-likeness (QED) is 0.431. The zero-order chi connectivity index (χ0) is 6.85. The first-order valence-electron chi connectivity index (χ1n) is 2.21. The molecule has 0 atom stereocenters. The number of rotatable bonds is 0. The average molecular weight is 160 g/mol. The second-order valence-corrected chi connectivity index (χ2v) is 2.33. The van der Waals surface area contributed by atoms with E-state index < -0.39 is 0 Å². The highest BCUT2D eigenvalue weighted by atomic mass is 32.1. The van der Waals surface area contributed by atoms with Crippen LogP contribution in [-0.4, -0.2) is 8.96 Å². The number of hydrogen-bond donors (Lipinski definition) is 2. The van der Waals surface area contributed by atoms with Crippen molar-refractivity contribution in [3.05, 3.63) is 27.4 Å². The minimum Gasteiger partial charge on any atom is -0.297 e. The van der Waals surface area contributed by atoms with E-state index in [0.717, 1.165) is 3.97 Å². The van der Waals surface area contributed by atoms with Gasteiger partial charge in [-0.15, -0.1) is 0 Å². The van der Waals surface area contributed by atoms with Gasteiger partial charge in [-0.1, -0.05) is 25.0 Å². The molecule has 0 aliphatic carbocycles. The Balaban J connectivity index is 3.52. The third kappa shape index (κ3) is 1.43. The van der Waals surface area contributed by atoms with Crippen LogP contribution >= 0.6 is 25.0 Å². The summed E-state index contributed by atoms with van der Waals surface area (Å²) >= 11 is 8.43. The van der Waals surface area contributed by atoms with E-state index in [0.29, 0.717) is 4.64 Å². The second kappa shape index (κ2) is 2.36. The highest BCUT2D eigenvalue weighted by Gasteiger charge is 1.84. The van der Waals surface area contributed by atoms with Crippen molar-refractivity contribution in [1.29, 1.82) is 0 Å². The van der Waals surface area contributed by atoms with Gasteiger partial charge in [-0.25, -0.2) is 8.77 Å². The molecular weight excluding hydrogens is 156 g/mol. The van der Waals surface area contributed by atoms with E-state index in [4.69, 9.17) is 0 Å². The lowest BCUT2D eigenvalue weighted by Crippen LogP contribution is -2.14. The number of aromatic nitrogens is 2. The smallest absolute Gasteiger partial charge is 0.297 e. The number of aromatic amines is 1. The summed E-state index contributed by atoms with van der Waals surface area (Å²) in [5.41, 5.74) is -0.314. The summed E-state index contributed by atoms with van der Waals surface area (Å²) in [7, 11) is 0. The van der Waals surface area contributed by atoms with Crippen molar-refractivity contribution in [3.63, 3.8) is 0 Å². The van der Waals surface area contributed by atoms with Crippen LogP contribution in [0.2, 0.25) is 0 Å². The van der Waals surface area contributed by atoms with Crippen molar-refractivity contribution in [2.45, 2.75) is 0 Å². The predicted molar refractivity (Wildman–Crippen MR) is 40.3 cm³/mol. The van der Waals surface area contributed by atoms with Gasteiger partial charge in [0.2, 0.25) is 0 Å². The molecular formula is C4H4N2OS2. The van der Waals surface area contributed by atoms with Crippen molar-refractivity contribution in [2.24, 2.45) is 0 Å². The summed E-state index contributed by atoms with van der Waals surface area (Å²) in [6, 6.07) is 1.59. The van der Waals surface area contributed by atoms with Gasteiger partial charge in [0, 0.05) is 6.20 Å². The van der Waals surface area contributed by atoms with Crippen LogP contribution in [0.3, 0.4) is 0 Å². The minimum absolute atomic E-state index is 0.314. The van der Waals surface area contributed by atoms with Gasteiger partial charge in [0.25, 0.3) is 0 Å². The standard InChI is InChI=1S/C4H4N2OS2/c7-4-5-3(8)1-2-6(4)9/h1-2,9H,(H,5,7,8). The van der Waals surface area contributed by atoms with Gasteiger partial charge < -0.3 is 0 Å². The molecule has 0 bridgehead atoms. The molecule has 0 aliphatic rings. The summed E-state index contributed by atoms with van der Waals surface area (Å²) in [4.78, 5) is 13.0. The first-order chi connectivity index (χ1) is 4.20. The van der Waals surface area contributed by atoms with E-state index in [1.807, 2.05) is 0 Å². The van der Waals surface area contributed by atoms with E-state index in [2.05, 4.69) is 30.0 Å². The number of nitrogens with zero attached hydrogens (tertiary/aromatic N) is 1. The first-order valence-corrected chi connectivity index (χ1v) is 3.02. The van der Waals surface area contributed by atoms with Crippen molar-refractivity contribution in [3.8, 4) is 0 Å². The molecule has 1 N–H and O–H groups in total. The highest BCUT2D eigenvalue weighted by Crippen LogP contribution is 1.81. The molecule has 3 nitrogen and oxygen atoms in total. The van der Waals surface area contributed by atoms with Gasteiger partial charge in [0.15, 0.2) is 0 Å². The van der Waals surface area contributed by atoms with Crippen molar-refractivity contribution >= 4 is 25.0 Å². The van der Waals surface area contributed by atoms with E-state index in [1.165, 1.54) is 6.20 Å². The summed E-state index contributed by atoms with van der Waals surface area (Å²) in [5, 5.41) is 0. The van der Waals surface area contributed by atoms with Gasteiger partial charge in [0.05, 0.1) is 0 Å². The molecule has 0 aromatic carbocycles. The third-order valence-electron chi connectivity index (χ3n) is 0.805. The Bertz CT molecular complexity index is 313. The van der Waals surface area contributed by atoms with Crippen LogP contribution in [0.15, 0.2) is 17.1 Å². The van der Waals surface area contributed by atoms with Gasteiger partial charge in [-0.2, -0.15) is 0 Å². The molecule has 48 valence electrons. The third-order valence-corrected chi connectivity index (χ3v) is 1.36. The number of nitrogens with one attached hydrogen (secondary N) is 1. The lowest BCUT2D eigenvalue weighted by atomic mass is 10.7. The molecule has 0 unspecified atom stereocenters. The number of H-pyrrole nitrogens is 1. The van der Waals surface area contributed by atoms with E-state index in [1.54, 1.807) is 6.07 Å². The van der Waals surface area contributed by atoms with Crippen LogP contribution in [0.4, 0.5) is 0 Å². The Labute approximate surface area is 61.9 Å². The summed E-state index contributed by atoms with van der Waals surface area (Å²) < 4.78 is 1.54. The Morgan fingerprint density at radius 3 is 2.89 bits per heavy atom. The maximum Gasteiger partial charge on any atom is 0.336 e. The maximum atomic E-state index is 10.6. The summed E-state index contributed by atoms with van der Waals surface area (Å²) in [5.74, 6) is 0. The van der Waals surface area contributed by atoms with Crippen LogP contribution in [0.5, 0.6) is 0 Å². The van der Waals surface area contributed by atoms with Crippen molar-refractivity contribution < 1.29 is 0 Å². The second-order valence-electron chi connectivity index (χ2n) is 1.45. The van der Waals surface area contributed by atoms with Gasteiger partial charge >= 0.3 is 5.69 Å². The molecule has 0 aliphatic heterocycles.